The summed E-state index contributed by atoms with van der Waals surface area (Å²) in [6.07, 6.45) is 0. The van der Waals surface area contributed by atoms with Gasteiger partial charge in [-0.3, -0.25) is 0 Å². The Kier molecular flexibility index (Phi) is 5.62. The van der Waals surface area contributed by atoms with Gasteiger partial charge in [0.15, 0.2) is 0 Å². The van der Waals surface area contributed by atoms with Crippen LogP contribution >= 0.6 is 11.8 Å². The lowest BCUT2D eigenvalue weighted by Crippen LogP contribution is -2.04. The zero-order valence-corrected chi connectivity index (χ0v) is 12.7. The number of hydrogen-bond donors (Lipinski definition) is 0. The maximum atomic E-state index is 11.3. The Balaban J connectivity index is 1.73. The molecule has 0 aliphatic carbocycles. The average molecular weight is 308 g/mol. The number of esters is 1. The Hall–Kier alpha value is -2.02. The van der Waals surface area contributed by atoms with Crippen LogP contribution in [0.5, 0.6) is 5.75 Å². The van der Waals surface area contributed by atoms with Crippen LogP contribution in [0, 0.1) is 6.92 Å². The van der Waals surface area contributed by atoms with E-state index in [2.05, 4.69) is 10.2 Å². The first-order chi connectivity index (χ1) is 10.2. The molecule has 7 heteroatoms. The molecule has 0 aliphatic rings. The zero-order chi connectivity index (χ0) is 15.1. The van der Waals surface area contributed by atoms with Gasteiger partial charge in [-0.25, -0.2) is 4.79 Å². The van der Waals surface area contributed by atoms with Crippen molar-refractivity contribution in [2.45, 2.75) is 19.1 Å². The molecule has 0 spiro atoms. The summed E-state index contributed by atoms with van der Waals surface area (Å²) in [5.41, 5.74) is 1.19. The highest BCUT2D eigenvalue weighted by molar-refractivity contribution is 7.99. The summed E-state index contributed by atoms with van der Waals surface area (Å²) in [5, 5.41) is 7.72. The third-order valence-corrected chi connectivity index (χ3v) is 3.24. The molecule has 6 nitrogen and oxygen atoms in total. The Morgan fingerprint density at radius 3 is 2.76 bits per heavy atom. The number of benzene rings is 1. The number of ether oxygens (including phenoxy) is 2. The number of carbonyl (C=O) groups excluding carboxylic acids is 1. The van der Waals surface area contributed by atoms with E-state index in [1.165, 1.54) is 17.3 Å². The number of thioether (sulfide) groups is 1. The van der Waals surface area contributed by atoms with Crippen LogP contribution in [-0.2, 0) is 4.74 Å². The lowest BCUT2D eigenvalue weighted by Gasteiger charge is -2.04. The summed E-state index contributed by atoms with van der Waals surface area (Å²) < 4.78 is 15.5. The summed E-state index contributed by atoms with van der Waals surface area (Å²) in [4.78, 5) is 11.3. The topological polar surface area (TPSA) is 74.5 Å². The minimum Gasteiger partial charge on any atom is -0.493 e. The van der Waals surface area contributed by atoms with E-state index in [0.717, 1.165) is 5.75 Å². The van der Waals surface area contributed by atoms with Crippen LogP contribution in [0.2, 0.25) is 0 Å². The molecule has 1 aromatic heterocycles. The van der Waals surface area contributed by atoms with Crippen molar-refractivity contribution in [2.24, 2.45) is 0 Å². The SMILES string of the molecule is CCOC(=O)c1nnc(SCCOc2ccc(C)cc2)o1. The van der Waals surface area contributed by atoms with Crippen molar-refractivity contribution in [2.75, 3.05) is 19.0 Å². The van der Waals surface area contributed by atoms with Gasteiger partial charge in [0, 0.05) is 5.75 Å². The number of carbonyl (C=O) groups is 1. The van der Waals surface area contributed by atoms with Crippen LogP contribution in [-0.4, -0.2) is 35.1 Å². The van der Waals surface area contributed by atoms with Crippen molar-refractivity contribution in [3.8, 4) is 5.75 Å². The monoisotopic (exact) mass is 308 g/mol. The molecule has 0 fully saturated rings. The van der Waals surface area contributed by atoms with E-state index in [0.29, 0.717) is 17.6 Å². The van der Waals surface area contributed by atoms with Crippen molar-refractivity contribution in [1.82, 2.24) is 10.2 Å². The fourth-order valence-corrected chi connectivity index (χ4v) is 2.04. The molecule has 1 aromatic carbocycles. The fourth-order valence-electron chi connectivity index (χ4n) is 1.47. The van der Waals surface area contributed by atoms with E-state index in [1.807, 2.05) is 31.2 Å². The van der Waals surface area contributed by atoms with Crippen molar-refractivity contribution < 1.29 is 18.7 Å². The molecule has 0 atom stereocenters. The second-order valence-corrected chi connectivity index (χ2v) is 5.15. The summed E-state index contributed by atoms with van der Waals surface area (Å²) in [6.45, 7) is 4.52. The third-order valence-electron chi connectivity index (χ3n) is 2.46. The van der Waals surface area contributed by atoms with Gasteiger partial charge in [-0.1, -0.05) is 34.6 Å². The van der Waals surface area contributed by atoms with E-state index < -0.39 is 5.97 Å². The van der Waals surface area contributed by atoms with Gasteiger partial charge in [0.2, 0.25) is 0 Å². The van der Waals surface area contributed by atoms with Crippen molar-refractivity contribution in [3.63, 3.8) is 0 Å². The van der Waals surface area contributed by atoms with E-state index in [-0.39, 0.29) is 12.5 Å². The van der Waals surface area contributed by atoms with Crippen molar-refractivity contribution in [1.29, 1.82) is 0 Å². The number of aromatic nitrogens is 2. The smallest absolute Gasteiger partial charge is 0.396 e. The molecule has 21 heavy (non-hydrogen) atoms. The predicted octanol–water partition coefficient (Wildman–Crippen LogP) is 2.73. The van der Waals surface area contributed by atoms with E-state index in [9.17, 15) is 4.79 Å². The maximum Gasteiger partial charge on any atom is 0.396 e. The number of nitrogens with zero attached hydrogens (tertiary/aromatic N) is 2. The second kappa shape index (κ2) is 7.68. The van der Waals surface area contributed by atoms with Crippen LogP contribution in [0.15, 0.2) is 33.9 Å². The predicted molar refractivity (Wildman–Crippen MR) is 77.7 cm³/mol. The molecule has 112 valence electrons. The highest BCUT2D eigenvalue weighted by Gasteiger charge is 2.15. The standard InChI is InChI=1S/C14H16N2O4S/c1-3-18-13(17)12-15-16-14(20-12)21-9-8-19-11-6-4-10(2)5-7-11/h4-7H,3,8-9H2,1-2H3. The van der Waals surface area contributed by atoms with Crippen LogP contribution in [0.3, 0.4) is 0 Å². The quantitative estimate of drug-likeness (QED) is 0.442. The largest absolute Gasteiger partial charge is 0.493 e. The van der Waals surface area contributed by atoms with Crippen LogP contribution in [0.4, 0.5) is 0 Å². The summed E-state index contributed by atoms with van der Waals surface area (Å²) in [6, 6.07) is 7.83. The molecule has 0 saturated carbocycles. The molecule has 0 radical (unpaired) electrons. The lowest BCUT2D eigenvalue weighted by molar-refractivity contribution is 0.0475. The molecule has 0 unspecified atom stereocenters. The first kappa shape index (κ1) is 15.4. The van der Waals surface area contributed by atoms with E-state index in [1.54, 1.807) is 6.92 Å². The first-order valence-corrected chi connectivity index (χ1v) is 7.50. The molecular formula is C14H16N2O4S. The third kappa shape index (κ3) is 4.78. The molecule has 0 aliphatic heterocycles. The molecule has 0 amide bonds. The lowest BCUT2D eigenvalue weighted by atomic mass is 10.2. The van der Waals surface area contributed by atoms with Crippen molar-refractivity contribution in [3.05, 3.63) is 35.7 Å². The molecule has 0 saturated heterocycles. The van der Waals surface area contributed by atoms with E-state index >= 15 is 0 Å². The summed E-state index contributed by atoms with van der Waals surface area (Å²) in [5.74, 6) is 0.726. The van der Waals surface area contributed by atoms with Crippen LogP contribution < -0.4 is 4.74 Å². The van der Waals surface area contributed by atoms with Gasteiger partial charge in [-0.05, 0) is 26.0 Å². The first-order valence-electron chi connectivity index (χ1n) is 6.52. The molecular weight excluding hydrogens is 292 g/mol. The molecule has 2 aromatic rings. The number of aryl methyl sites for hydroxylation is 1. The van der Waals surface area contributed by atoms with Gasteiger partial charge in [0.1, 0.15) is 5.75 Å². The second-order valence-electron chi connectivity index (χ2n) is 4.10. The molecule has 0 bridgehead atoms. The van der Waals surface area contributed by atoms with Gasteiger partial charge >= 0.3 is 11.9 Å². The van der Waals surface area contributed by atoms with E-state index in [4.69, 9.17) is 13.9 Å². The van der Waals surface area contributed by atoms with Gasteiger partial charge in [0.05, 0.1) is 13.2 Å². The minimum absolute atomic E-state index is 0.126. The molecule has 0 N–H and O–H groups in total. The van der Waals surface area contributed by atoms with Gasteiger partial charge < -0.3 is 13.9 Å². The molecule has 1 heterocycles. The Morgan fingerprint density at radius 1 is 1.29 bits per heavy atom. The van der Waals surface area contributed by atoms with Crippen LogP contribution in [0.25, 0.3) is 0 Å². The van der Waals surface area contributed by atoms with Gasteiger partial charge in [-0.15, -0.1) is 5.10 Å². The van der Waals surface area contributed by atoms with Crippen molar-refractivity contribution >= 4 is 17.7 Å². The maximum absolute atomic E-state index is 11.3. The average Bonchev–Trinajstić information content (AvgIpc) is 2.95. The minimum atomic E-state index is -0.604. The van der Waals surface area contributed by atoms with Gasteiger partial charge in [0.25, 0.3) is 5.22 Å². The molecule has 2 rings (SSSR count). The Bertz CT molecular complexity index is 583. The van der Waals surface area contributed by atoms with Gasteiger partial charge in [-0.2, -0.15) is 0 Å². The Morgan fingerprint density at radius 2 is 2.05 bits per heavy atom. The highest BCUT2D eigenvalue weighted by Crippen LogP contribution is 2.17. The summed E-state index contributed by atoms with van der Waals surface area (Å²) in [7, 11) is 0. The number of rotatable bonds is 7. The normalized spacial score (nSPS) is 10.4. The Labute approximate surface area is 126 Å². The summed E-state index contributed by atoms with van der Waals surface area (Å²) >= 11 is 1.33. The zero-order valence-electron chi connectivity index (χ0n) is 11.9. The number of hydrogen-bond acceptors (Lipinski definition) is 7. The van der Waals surface area contributed by atoms with Crippen LogP contribution in [0.1, 0.15) is 23.2 Å². The highest BCUT2D eigenvalue weighted by atomic mass is 32.2. The fraction of sp³-hybridized carbons (Fsp3) is 0.357.